The molecule has 0 amide bonds. The molecule has 1 aromatic heterocycles. The van der Waals surface area contributed by atoms with Gasteiger partial charge in [-0.3, -0.25) is 0 Å². The summed E-state index contributed by atoms with van der Waals surface area (Å²) in [6.07, 6.45) is 6.32. The van der Waals surface area contributed by atoms with Gasteiger partial charge in [0.05, 0.1) is 6.33 Å². The van der Waals surface area contributed by atoms with Gasteiger partial charge in [-0.15, -0.1) is 0 Å². The molecule has 1 saturated heterocycles. The van der Waals surface area contributed by atoms with Crippen molar-refractivity contribution >= 4 is 0 Å². The normalized spacial score (nSPS) is 22.4. The Kier molecular flexibility index (Phi) is 2.64. The molecule has 1 fully saturated rings. The van der Waals surface area contributed by atoms with Crippen LogP contribution < -0.4 is 5.32 Å². The van der Waals surface area contributed by atoms with Crippen molar-refractivity contribution in [1.82, 2.24) is 14.9 Å². The highest BCUT2D eigenvalue weighted by atomic mass is 15.1. The van der Waals surface area contributed by atoms with Crippen molar-refractivity contribution in [3.63, 3.8) is 0 Å². The predicted octanol–water partition coefficient (Wildman–Crippen LogP) is 1.05. The van der Waals surface area contributed by atoms with Crippen LogP contribution in [0, 0.1) is 5.92 Å². The fraction of sp³-hybridized carbons (Fsp3) is 0.700. The largest absolute Gasteiger partial charge is 0.334 e. The van der Waals surface area contributed by atoms with Crippen molar-refractivity contribution in [2.24, 2.45) is 5.92 Å². The third-order valence-electron chi connectivity index (χ3n) is 2.78. The van der Waals surface area contributed by atoms with Gasteiger partial charge < -0.3 is 9.88 Å². The Morgan fingerprint density at radius 1 is 1.69 bits per heavy atom. The van der Waals surface area contributed by atoms with Crippen molar-refractivity contribution < 1.29 is 0 Å². The lowest BCUT2D eigenvalue weighted by Gasteiger charge is -2.11. The number of hydrogen-bond acceptors (Lipinski definition) is 2. The van der Waals surface area contributed by atoms with Crippen LogP contribution in [0.2, 0.25) is 0 Å². The van der Waals surface area contributed by atoms with Crippen LogP contribution in [0.5, 0.6) is 0 Å². The minimum absolute atomic E-state index is 0.805. The highest BCUT2D eigenvalue weighted by molar-refractivity contribution is 4.98. The number of aromatic nitrogens is 2. The molecule has 1 aromatic rings. The molecule has 0 bridgehead atoms. The molecule has 0 radical (unpaired) electrons. The molecule has 1 atom stereocenters. The first-order chi connectivity index (χ1) is 6.40. The van der Waals surface area contributed by atoms with E-state index in [4.69, 9.17) is 0 Å². The van der Waals surface area contributed by atoms with Gasteiger partial charge in [-0.1, -0.05) is 6.92 Å². The summed E-state index contributed by atoms with van der Waals surface area (Å²) in [6, 6.07) is 0. The second-order valence-electron chi connectivity index (χ2n) is 3.75. The van der Waals surface area contributed by atoms with Crippen molar-refractivity contribution in [2.45, 2.75) is 26.3 Å². The fourth-order valence-corrected chi connectivity index (χ4v) is 1.96. The summed E-state index contributed by atoms with van der Waals surface area (Å²) < 4.78 is 2.29. The summed E-state index contributed by atoms with van der Waals surface area (Å²) in [4.78, 5) is 4.18. The lowest BCUT2D eigenvalue weighted by Crippen LogP contribution is -2.15. The van der Waals surface area contributed by atoms with Crippen LogP contribution in [-0.2, 0) is 13.0 Å². The van der Waals surface area contributed by atoms with Crippen LogP contribution in [0.3, 0.4) is 0 Å². The first-order valence-electron chi connectivity index (χ1n) is 5.10. The van der Waals surface area contributed by atoms with Crippen LogP contribution in [0.15, 0.2) is 12.5 Å². The van der Waals surface area contributed by atoms with Gasteiger partial charge in [0.1, 0.15) is 0 Å². The van der Waals surface area contributed by atoms with Crippen LogP contribution in [0.4, 0.5) is 0 Å². The minimum atomic E-state index is 0.805. The highest BCUT2D eigenvalue weighted by Crippen LogP contribution is 2.12. The Morgan fingerprint density at radius 2 is 2.62 bits per heavy atom. The van der Waals surface area contributed by atoms with E-state index < -0.39 is 0 Å². The zero-order valence-corrected chi connectivity index (χ0v) is 8.16. The van der Waals surface area contributed by atoms with Crippen LogP contribution in [0.1, 0.15) is 19.0 Å². The molecular weight excluding hydrogens is 162 g/mol. The number of nitrogens with one attached hydrogen (secondary N) is 1. The van der Waals surface area contributed by atoms with Crippen LogP contribution in [-0.4, -0.2) is 22.6 Å². The fourth-order valence-electron chi connectivity index (χ4n) is 1.96. The molecule has 1 aliphatic rings. The Morgan fingerprint density at radius 3 is 3.31 bits per heavy atom. The molecule has 72 valence electrons. The number of aryl methyl sites for hydroxylation is 1. The number of nitrogens with zero attached hydrogens (tertiary/aromatic N) is 2. The lowest BCUT2D eigenvalue weighted by atomic mass is 10.1. The van der Waals surface area contributed by atoms with Crippen molar-refractivity contribution in [3.8, 4) is 0 Å². The second kappa shape index (κ2) is 3.92. The molecule has 0 saturated carbocycles. The minimum Gasteiger partial charge on any atom is -0.334 e. The highest BCUT2D eigenvalue weighted by Gasteiger charge is 2.15. The van der Waals surface area contributed by atoms with Crippen molar-refractivity contribution in [3.05, 3.63) is 18.2 Å². The zero-order valence-electron chi connectivity index (χ0n) is 8.16. The quantitative estimate of drug-likeness (QED) is 0.751. The summed E-state index contributed by atoms with van der Waals surface area (Å²) in [5.74, 6) is 0.805. The van der Waals surface area contributed by atoms with Crippen molar-refractivity contribution in [2.75, 3.05) is 13.1 Å². The maximum absolute atomic E-state index is 4.18. The van der Waals surface area contributed by atoms with Crippen molar-refractivity contribution in [1.29, 1.82) is 0 Å². The van der Waals surface area contributed by atoms with E-state index in [9.17, 15) is 0 Å². The average molecular weight is 179 g/mol. The maximum atomic E-state index is 4.18. The summed E-state index contributed by atoms with van der Waals surface area (Å²) in [6.45, 7) is 5.67. The molecule has 0 spiro atoms. The Balaban J connectivity index is 1.99. The second-order valence-corrected chi connectivity index (χ2v) is 3.75. The molecule has 1 unspecified atom stereocenters. The first kappa shape index (κ1) is 8.75. The Bertz CT molecular complexity index is 261. The van der Waals surface area contributed by atoms with Gasteiger partial charge in [-0.05, 0) is 31.8 Å². The van der Waals surface area contributed by atoms with Gasteiger partial charge in [0.25, 0.3) is 0 Å². The average Bonchev–Trinajstić information content (AvgIpc) is 2.76. The van der Waals surface area contributed by atoms with Crippen LogP contribution in [0.25, 0.3) is 0 Å². The summed E-state index contributed by atoms with van der Waals surface area (Å²) >= 11 is 0. The van der Waals surface area contributed by atoms with E-state index in [1.807, 2.05) is 12.5 Å². The Hall–Kier alpha value is -0.830. The van der Waals surface area contributed by atoms with Crippen LogP contribution >= 0.6 is 0 Å². The third-order valence-corrected chi connectivity index (χ3v) is 2.78. The molecule has 1 aliphatic heterocycles. The van der Waals surface area contributed by atoms with Gasteiger partial charge in [0.15, 0.2) is 0 Å². The molecule has 0 aromatic carbocycles. The number of hydrogen-bond donors (Lipinski definition) is 1. The van der Waals surface area contributed by atoms with Gasteiger partial charge in [-0.25, -0.2) is 4.98 Å². The van der Waals surface area contributed by atoms with E-state index in [-0.39, 0.29) is 0 Å². The van der Waals surface area contributed by atoms with E-state index >= 15 is 0 Å². The summed E-state index contributed by atoms with van der Waals surface area (Å²) in [5.41, 5.74) is 1.35. The first-order valence-corrected chi connectivity index (χ1v) is 5.10. The monoisotopic (exact) mass is 179 g/mol. The van der Waals surface area contributed by atoms with E-state index in [1.54, 1.807) is 0 Å². The molecule has 1 N–H and O–H groups in total. The van der Waals surface area contributed by atoms with Gasteiger partial charge in [0, 0.05) is 18.4 Å². The molecular formula is C10H17N3. The molecule has 2 rings (SSSR count). The van der Waals surface area contributed by atoms with E-state index in [0.717, 1.165) is 18.9 Å². The van der Waals surface area contributed by atoms with E-state index in [0.29, 0.717) is 0 Å². The Labute approximate surface area is 79.2 Å². The molecule has 3 heteroatoms. The molecule has 2 heterocycles. The molecule has 0 aliphatic carbocycles. The van der Waals surface area contributed by atoms with Gasteiger partial charge in [-0.2, -0.15) is 0 Å². The predicted molar refractivity (Wildman–Crippen MR) is 52.6 cm³/mol. The number of imidazole rings is 1. The lowest BCUT2D eigenvalue weighted by molar-refractivity contribution is 0.472. The van der Waals surface area contributed by atoms with E-state index in [2.05, 4.69) is 21.8 Å². The smallest absolute Gasteiger partial charge is 0.0948 e. The van der Waals surface area contributed by atoms with Gasteiger partial charge in [0.2, 0.25) is 0 Å². The topological polar surface area (TPSA) is 29.9 Å². The third kappa shape index (κ3) is 1.91. The molecule has 3 nitrogen and oxygen atoms in total. The standard InChI is InChI=1S/C10H17N3/c1-2-10-6-12-8-13(10)7-9-3-4-11-5-9/h6,8-9,11H,2-5,7H2,1H3. The molecule has 13 heavy (non-hydrogen) atoms. The zero-order chi connectivity index (χ0) is 9.10. The summed E-state index contributed by atoms with van der Waals surface area (Å²) in [7, 11) is 0. The van der Waals surface area contributed by atoms with Gasteiger partial charge >= 0.3 is 0 Å². The number of rotatable bonds is 3. The van der Waals surface area contributed by atoms with E-state index in [1.165, 1.54) is 25.2 Å². The maximum Gasteiger partial charge on any atom is 0.0948 e. The summed E-state index contributed by atoms with van der Waals surface area (Å²) in [5, 5.41) is 3.39. The SMILES string of the molecule is CCc1cncn1CC1CCNC1.